The molecule has 0 fully saturated rings. The van der Waals surface area contributed by atoms with Gasteiger partial charge in [0.05, 0.1) is 66.7 Å². The molecule has 0 unspecified atom stereocenters. The number of nitrogens with one attached hydrogen (secondary N) is 3. The molecule has 0 spiro atoms. The van der Waals surface area contributed by atoms with Crippen molar-refractivity contribution in [2.24, 2.45) is 10.8 Å². The molecule has 0 aliphatic heterocycles. The van der Waals surface area contributed by atoms with Crippen LogP contribution in [0.25, 0.3) is 53.5 Å². The number of methoxy groups -OCH3 is 4. The highest BCUT2D eigenvalue weighted by Crippen LogP contribution is 2.39. The van der Waals surface area contributed by atoms with E-state index in [-0.39, 0.29) is 22.1 Å². The van der Waals surface area contributed by atoms with E-state index < -0.39 is 27.9 Å². The van der Waals surface area contributed by atoms with Crippen LogP contribution in [0.15, 0.2) is 128 Å². The van der Waals surface area contributed by atoms with Crippen LogP contribution < -0.4 is 46.4 Å². The van der Waals surface area contributed by atoms with E-state index in [0.29, 0.717) is 80.5 Å². The Bertz CT molecular complexity index is 5170. The van der Waals surface area contributed by atoms with Crippen LogP contribution in [0.2, 0.25) is 5.15 Å². The van der Waals surface area contributed by atoms with Crippen LogP contribution >= 0.6 is 11.6 Å². The molecule has 584 valence electrons. The topological polar surface area (TPSA) is 421 Å². The van der Waals surface area contributed by atoms with E-state index in [0.717, 1.165) is 71.7 Å². The zero-order valence-corrected chi connectivity index (χ0v) is 67.7. The quantitative estimate of drug-likeness (QED) is 0.0204. The number of hydrogen-bond donors (Lipinski definition) is 7. The minimum atomic E-state index is -1.52. The van der Waals surface area contributed by atoms with E-state index in [1.807, 2.05) is 52.0 Å². The molecule has 32 heteroatoms. The van der Waals surface area contributed by atoms with Gasteiger partial charge in [-0.1, -0.05) is 92.9 Å². The Hall–Kier alpha value is -11.6. The summed E-state index contributed by atoms with van der Waals surface area (Å²) in [5.41, 5.74) is 18.3. The average Bonchev–Trinajstić information content (AvgIpc) is 0.790. The molecule has 111 heavy (non-hydrogen) atoms. The second-order valence-electron chi connectivity index (χ2n) is 31.4. The van der Waals surface area contributed by atoms with Crippen molar-refractivity contribution in [3.63, 3.8) is 0 Å². The van der Waals surface area contributed by atoms with Crippen LogP contribution in [-0.4, -0.2) is 118 Å². The van der Waals surface area contributed by atoms with Crippen LogP contribution in [0, 0.1) is 0 Å². The Morgan fingerprint density at radius 2 is 0.703 bits per heavy atom. The van der Waals surface area contributed by atoms with Crippen molar-refractivity contribution in [3.8, 4) is 23.5 Å². The SMILES string of the molecule is CC(C)(F)c1nccc(N)n1.COc1ncc(C(C)(C)N)c2cc(Nc3ccnc(C(C)(C)C)n3)ncc12.COc1ncc(C(C)(C)N=[N+]=[N-])c2cc(Nc3ccnc(C(C)(C)C)n3)ncc12.COc1ncc(C(C)(C)O)c2cc(Cl)ncc12.COc1ncc(C(C)(C)O)c2cc(Nc3ccnc(C(C)(C)C)n3)ncc12. The number of nitrogens with two attached hydrogens (primary N) is 2. The summed E-state index contributed by atoms with van der Waals surface area (Å²) in [5, 5.41) is 41.0. The van der Waals surface area contributed by atoms with Gasteiger partial charge in [0.1, 0.15) is 63.4 Å². The van der Waals surface area contributed by atoms with Crippen LogP contribution in [0.4, 0.5) is 45.1 Å². The van der Waals surface area contributed by atoms with Gasteiger partial charge in [0, 0.05) is 112 Å². The summed E-state index contributed by atoms with van der Waals surface area (Å²) in [6, 6.07) is 14.3. The Labute approximate surface area is 649 Å². The number of ether oxygens (including phenoxy) is 4. The zero-order chi connectivity index (χ0) is 82.0. The van der Waals surface area contributed by atoms with E-state index in [4.69, 9.17) is 47.5 Å². The minimum Gasteiger partial charge on any atom is -0.481 e. The molecule has 0 radical (unpaired) electrons. The predicted molar refractivity (Wildman–Crippen MR) is 432 cm³/mol. The lowest BCUT2D eigenvalue weighted by atomic mass is 9.93. The number of hydrogen-bond acceptors (Lipinski definition) is 28. The second-order valence-corrected chi connectivity index (χ2v) is 31.8. The third kappa shape index (κ3) is 21.9. The average molecular weight is 1530 g/mol. The van der Waals surface area contributed by atoms with E-state index in [9.17, 15) is 14.6 Å². The van der Waals surface area contributed by atoms with Gasteiger partial charge < -0.3 is 56.6 Å². The van der Waals surface area contributed by atoms with Gasteiger partial charge in [-0.3, -0.25) is 0 Å². The molecule has 12 aromatic heterocycles. The van der Waals surface area contributed by atoms with Gasteiger partial charge in [0.15, 0.2) is 11.5 Å². The first-order chi connectivity index (χ1) is 51.8. The maximum absolute atomic E-state index is 13.1. The van der Waals surface area contributed by atoms with Crippen molar-refractivity contribution in [1.82, 2.24) is 79.7 Å². The number of anilines is 7. The van der Waals surface area contributed by atoms with Gasteiger partial charge >= 0.3 is 0 Å². The first kappa shape index (κ1) is 85.0. The monoisotopic (exact) mass is 1530 g/mol. The van der Waals surface area contributed by atoms with Crippen molar-refractivity contribution < 1.29 is 33.6 Å². The summed E-state index contributed by atoms with van der Waals surface area (Å²) in [6.45, 7) is 35.8. The molecule has 0 saturated heterocycles. The lowest BCUT2D eigenvalue weighted by Crippen LogP contribution is -2.29. The number of halogens is 2. The molecule has 12 rings (SSSR count). The summed E-state index contributed by atoms with van der Waals surface area (Å²) in [5.74, 6) is 8.45. The van der Waals surface area contributed by atoms with E-state index in [2.05, 4.69) is 168 Å². The first-order valence-corrected chi connectivity index (χ1v) is 35.5. The Kier molecular flexibility index (Phi) is 26.1. The first-order valence-electron chi connectivity index (χ1n) is 35.2. The smallest absolute Gasteiger partial charge is 0.222 e. The third-order valence-corrected chi connectivity index (χ3v) is 16.8. The molecule has 0 saturated carbocycles. The minimum absolute atomic E-state index is 0.123. The van der Waals surface area contributed by atoms with Gasteiger partial charge in [0.25, 0.3) is 0 Å². The zero-order valence-electron chi connectivity index (χ0n) is 67.0. The standard InChI is InChI=1S/C20H24N8O.C20H26N6O.C20H25N5O2.C12H13ClN2O2.C7H10FN3/c1-19(2,3)18-22-8-7-15(26-18)25-16-9-12-13(10-23-16)17(29-6)24-11-14(12)20(4,5)27-28-21;1-19(2,3)18-22-8-7-15(26-18)25-16-9-12-13(10-23-16)17(27-6)24-11-14(12)20(4,5)21;1-19(2,3)18-21-8-7-15(25-18)24-16-9-12-13(10-22-16)17(27-6)23-11-14(12)20(4,5)26;1-12(2,16)9-6-15-11(17-3)8-5-14-10(13)4-7(8)9;1-7(2,8)6-10-4-3-5(9)11-6/h7-11H,1-6H3,(H,22,23,25,26);7-11H,21H2,1-6H3,(H,22,23,25,26);7-11,26H,1-6H3,(H,21,22,24,25);4-6,16H,1-3H3;3-4H,1-2H3,(H2,9,10,11). The van der Waals surface area contributed by atoms with Crippen molar-refractivity contribution in [3.05, 3.63) is 184 Å². The Morgan fingerprint density at radius 1 is 0.396 bits per heavy atom. The third-order valence-electron chi connectivity index (χ3n) is 16.6. The number of aliphatic hydroxyl groups is 2. The van der Waals surface area contributed by atoms with E-state index in [1.54, 1.807) is 142 Å². The number of rotatable bonds is 16. The number of pyridine rings is 8. The van der Waals surface area contributed by atoms with Gasteiger partial charge in [-0.05, 0) is 142 Å². The summed E-state index contributed by atoms with van der Waals surface area (Å²) >= 11 is 5.88. The molecular formula is C79H98ClFN24O6. The van der Waals surface area contributed by atoms with Crippen LogP contribution in [0.5, 0.6) is 23.5 Å². The molecule has 9 N–H and O–H groups in total. The van der Waals surface area contributed by atoms with Gasteiger partial charge in [-0.25, -0.2) is 84.1 Å². The molecule has 30 nitrogen and oxygen atoms in total. The van der Waals surface area contributed by atoms with Gasteiger partial charge in [-0.15, -0.1) is 0 Å². The van der Waals surface area contributed by atoms with Crippen molar-refractivity contribution in [1.29, 1.82) is 0 Å². The second kappa shape index (κ2) is 34.1. The molecule has 12 heterocycles. The predicted octanol–water partition coefficient (Wildman–Crippen LogP) is 16.2. The normalized spacial score (nSPS) is 12.0. The maximum atomic E-state index is 13.1. The Morgan fingerprint density at radius 3 is 1.01 bits per heavy atom. The van der Waals surface area contributed by atoms with Gasteiger partial charge in [0.2, 0.25) is 23.5 Å². The highest BCUT2D eigenvalue weighted by Gasteiger charge is 2.29. The van der Waals surface area contributed by atoms with Crippen LogP contribution in [0.1, 0.15) is 177 Å². The van der Waals surface area contributed by atoms with Crippen molar-refractivity contribution in [2.75, 3.05) is 50.1 Å². The molecule has 0 bridgehead atoms. The summed E-state index contributed by atoms with van der Waals surface area (Å²) in [7, 11) is 6.25. The number of nitrogens with zero attached hydrogens (tertiary/aromatic N) is 19. The number of fused-ring (bicyclic) bond motifs is 4. The summed E-state index contributed by atoms with van der Waals surface area (Å²) in [4.78, 5) is 71.8. The number of alkyl halides is 1. The lowest BCUT2D eigenvalue weighted by molar-refractivity contribution is 0.0792. The summed E-state index contributed by atoms with van der Waals surface area (Å²) in [6.07, 6.45) is 20.0. The molecule has 0 amide bonds. The molecular weight excluding hydrogens is 1440 g/mol. The fraction of sp³-hybridized carbons (Fsp3) is 0.392. The highest BCUT2D eigenvalue weighted by atomic mass is 35.5. The molecule has 0 atom stereocenters. The highest BCUT2D eigenvalue weighted by molar-refractivity contribution is 6.30. The van der Waals surface area contributed by atoms with Crippen molar-refractivity contribution in [2.45, 2.75) is 176 Å². The van der Waals surface area contributed by atoms with Gasteiger partial charge in [-0.2, -0.15) is 0 Å². The molecule has 0 aliphatic carbocycles. The lowest BCUT2D eigenvalue weighted by Gasteiger charge is -2.22. The molecule has 12 aromatic rings. The maximum Gasteiger partial charge on any atom is 0.222 e. The number of nitrogen functional groups attached to an aromatic ring is 1. The summed E-state index contributed by atoms with van der Waals surface area (Å²) < 4.78 is 34.4. The van der Waals surface area contributed by atoms with E-state index >= 15 is 0 Å². The fourth-order valence-corrected chi connectivity index (χ4v) is 11.0. The number of aromatic nitrogens is 16. The number of azide groups is 1. The van der Waals surface area contributed by atoms with E-state index in [1.165, 1.54) is 26.1 Å². The van der Waals surface area contributed by atoms with Crippen molar-refractivity contribution >= 4 is 95.4 Å². The molecule has 0 aromatic carbocycles. The van der Waals surface area contributed by atoms with Crippen LogP contribution in [0.3, 0.4) is 0 Å². The fourth-order valence-electron chi connectivity index (χ4n) is 10.8. The Balaban J connectivity index is 0.000000180. The largest absolute Gasteiger partial charge is 0.481 e. The molecule has 0 aliphatic rings. The van der Waals surface area contributed by atoms with Crippen LogP contribution in [-0.2, 0) is 44.2 Å².